The van der Waals surface area contributed by atoms with E-state index in [2.05, 4.69) is 10.2 Å². The van der Waals surface area contributed by atoms with Crippen molar-refractivity contribution in [3.63, 3.8) is 0 Å². The van der Waals surface area contributed by atoms with Gasteiger partial charge >= 0.3 is 6.61 Å². The normalized spacial score (nSPS) is 12.7. The lowest BCUT2D eigenvalue weighted by Gasteiger charge is -2.16. The summed E-state index contributed by atoms with van der Waals surface area (Å²) in [5, 5.41) is 1.99. The first-order valence-electron chi connectivity index (χ1n) is 5.66. The number of rotatable bonds is 5. The number of thiophene rings is 1. The molecule has 1 atom stereocenters. The van der Waals surface area contributed by atoms with Crippen LogP contribution in [0.3, 0.4) is 0 Å². The average Bonchev–Trinajstić information content (AvgIpc) is 2.78. The maximum atomic E-state index is 12.1. The molecular weight excluding hydrogens is 270 g/mol. The Hall–Kier alpha value is -1.50. The molecular formula is C13H14F2N2OS. The van der Waals surface area contributed by atoms with E-state index in [0.717, 1.165) is 16.0 Å². The van der Waals surface area contributed by atoms with Crippen molar-refractivity contribution < 1.29 is 13.5 Å². The zero-order valence-electron chi connectivity index (χ0n) is 10.3. The van der Waals surface area contributed by atoms with Crippen molar-refractivity contribution in [2.24, 2.45) is 5.84 Å². The molecule has 0 fully saturated rings. The highest BCUT2D eigenvalue weighted by molar-refractivity contribution is 7.10. The Morgan fingerprint density at radius 2 is 1.89 bits per heavy atom. The maximum Gasteiger partial charge on any atom is 0.387 e. The molecule has 0 amide bonds. The average molecular weight is 284 g/mol. The summed E-state index contributed by atoms with van der Waals surface area (Å²) in [6.45, 7) is -0.807. The zero-order valence-corrected chi connectivity index (χ0v) is 11.1. The summed E-state index contributed by atoms with van der Waals surface area (Å²) in [7, 11) is 0. The monoisotopic (exact) mass is 284 g/mol. The molecule has 102 valence electrons. The molecule has 19 heavy (non-hydrogen) atoms. The fraction of sp³-hybridized carbons (Fsp3) is 0.231. The lowest BCUT2D eigenvalue weighted by molar-refractivity contribution is -0.0498. The van der Waals surface area contributed by atoms with Gasteiger partial charge in [0.15, 0.2) is 0 Å². The largest absolute Gasteiger partial charge is 0.435 e. The van der Waals surface area contributed by atoms with E-state index in [1.807, 2.05) is 18.4 Å². The molecule has 0 spiro atoms. The van der Waals surface area contributed by atoms with Gasteiger partial charge in [0.05, 0.1) is 6.04 Å². The van der Waals surface area contributed by atoms with E-state index in [9.17, 15) is 8.78 Å². The van der Waals surface area contributed by atoms with Gasteiger partial charge in [0.2, 0.25) is 0 Å². The smallest absolute Gasteiger partial charge is 0.387 e. The second kappa shape index (κ2) is 6.10. The maximum absolute atomic E-state index is 12.1. The predicted molar refractivity (Wildman–Crippen MR) is 71.3 cm³/mol. The first-order chi connectivity index (χ1) is 9.11. The molecule has 0 saturated heterocycles. The van der Waals surface area contributed by atoms with Crippen molar-refractivity contribution in [3.8, 4) is 5.75 Å². The van der Waals surface area contributed by atoms with Gasteiger partial charge in [0.1, 0.15) is 5.75 Å². The molecule has 1 aromatic heterocycles. The van der Waals surface area contributed by atoms with Crippen molar-refractivity contribution in [2.45, 2.75) is 19.6 Å². The number of nitrogens with two attached hydrogens (primary N) is 1. The number of benzene rings is 1. The number of hydrogen-bond donors (Lipinski definition) is 2. The molecule has 1 heterocycles. The van der Waals surface area contributed by atoms with E-state index in [4.69, 9.17) is 5.84 Å². The van der Waals surface area contributed by atoms with E-state index >= 15 is 0 Å². The van der Waals surface area contributed by atoms with Crippen LogP contribution in [0.4, 0.5) is 8.78 Å². The molecule has 0 aliphatic heterocycles. The van der Waals surface area contributed by atoms with Crippen LogP contribution >= 0.6 is 11.3 Å². The molecule has 1 unspecified atom stereocenters. The molecule has 0 aliphatic carbocycles. The van der Waals surface area contributed by atoms with Gasteiger partial charge in [-0.2, -0.15) is 8.78 Å². The van der Waals surface area contributed by atoms with Crippen molar-refractivity contribution in [3.05, 3.63) is 51.7 Å². The third kappa shape index (κ3) is 3.28. The highest BCUT2D eigenvalue weighted by atomic mass is 32.1. The van der Waals surface area contributed by atoms with E-state index in [1.165, 1.54) is 12.1 Å². The molecule has 3 N–H and O–H groups in total. The van der Waals surface area contributed by atoms with Gasteiger partial charge < -0.3 is 4.74 Å². The SMILES string of the molecule is Cc1ccsc1C(NN)c1ccc(OC(F)F)cc1. The van der Waals surface area contributed by atoms with E-state index in [1.54, 1.807) is 23.5 Å². The van der Waals surface area contributed by atoms with Gasteiger partial charge in [-0.05, 0) is 41.6 Å². The molecule has 0 bridgehead atoms. The Balaban J connectivity index is 2.22. The lowest BCUT2D eigenvalue weighted by atomic mass is 10.0. The molecule has 0 radical (unpaired) electrons. The molecule has 1 aromatic carbocycles. The van der Waals surface area contributed by atoms with Crippen molar-refractivity contribution in [1.82, 2.24) is 5.43 Å². The summed E-state index contributed by atoms with van der Waals surface area (Å²) >= 11 is 1.60. The van der Waals surface area contributed by atoms with Crippen LogP contribution in [0.25, 0.3) is 0 Å². The first kappa shape index (κ1) is 13.9. The van der Waals surface area contributed by atoms with Gasteiger partial charge in [-0.1, -0.05) is 12.1 Å². The fourth-order valence-corrected chi connectivity index (χ4v) is 2.86. The van der Waals surface area contributed by atoms with Crippen LogP contribution < -0.4 is 16.0 Å². The minimum Gasteiger partial charge on any atom is -0.435 e. The van der Waals surface area contributed by atoms with E-state index in [0.29, 0.717) is 0 Å². The second-order valence-corrected chi connectivity index (χ2v) is 4.96. The Morgan fingerprint density at radius 3 is 2.37 bits per heavy atom. The highest BCUT2D eigenvalue weighted by Gasteiger charge is 2.16. The molecule has 2 aromatic rings. The van der Waals surface area contributed by atoms with Gasteiger partial charge in [-0.3, -0.25) is 5.84 Å². The van der Waals surface area contributed by atoms with Crippen molar-refractivity contribution in [2.75, 3.05) is 0 Å². The number of aryl methyl sites for hydroxylation is 1. The number of halogens is 2. The summed E-state index contributed by atoms with van der Waals surface area (Å²) < 4.78 is 28.5. The predicted octanol–water partition coefficient (Wildman–Crippen LogP) is 3.21. The van der Waals surface area contributed by atoms with Gasteiger partial charge in [-0.25, -0.2) is 5.43 Å². The Labute approximate surface area is 114 Å². The molecule has 0 aliphatic rings. The minimum absolute atomic E-state index is 0.137. The van der Waals surface area contributed by atoms with Gasteiger partial charge in [0.25, 0.3) is 0 Å². The van der Waals surface area contributed by atoms with Crippen LogP contribution in [0.15, 0.2) is 35.7 Å². The van der Waals surface area contributed by atoms with E-state index < -0.39 is 6.61 Å². The summed E-state index contributed by atoms with van der Waals surface area (Å²) in [6.07, 6.45) is 0. The molecule has 0 saturated carbocycles. The Bertz CT molecular complexity index is 528. The Kier molecular flexibility index (Phi) is 4.47. The van der Waals surface area contributed by atoms with Crippen LogP contribution in [0.5, 0.6) is 5.75 Å². The van der Waals surface area contributed by atoms with Crippen molar-refractivity contribution in [1.29, 1.82) is 0 Å². The summed E-state index contributed by atoms with van der Waals surface area (Å²) in [5.41, 5.74) is 4.78. The van der Waals surface area contributed by atoms with Crippen LogP contribution in [-0.4, -0.2) is 6.61 Å². The van der Waals surface area contributed by atoms with Gasteiger partial charge in [0, 0.05) is 4.88 Å². The summed E-state index contributed by atoms with van der Waals surface area (Å²) in [6, 6.07) is 8.32. The fourth-order valence-electron chi connectivity index (χ4n) is 1.85. The zero-order chi connectivity index (χ0) is 13.8. The number of alkyl halides is 2. The minimum atomic E-state index is -2.81. The van der Waals surface area contributed by atoms with Crippen LogP contribution in [0.2, 0.25) is 0 Å². The molecule has 2 rings (SSSR count). The molecule has 3 nitrogen and oxygen atoms in total. The summed E-state index contributed by atoms with van der Waals surface area (Å²) in [5.74, 6) is 5.73. The summed E-state index contributed by atoms with van der Waals surface area (Å²) in [4.78, 5) is 1.10. The van der Waals surface area contributed by atoms with Crippen LogP contribution in [0, 0.1) is 6.92 Å². The van der Waals surface area contributed by atoms with Crippen LogP contribution in [-0.2, 0) is 0 Å². The van der Waals surface area contributed by atoms with Crippen molar-refractivity contribution >= 4 is 11.3 Å². The topological polar surface area (TPSA) is 47.3 Å². The standard InChI is InChI=1S/C13H14F2N2OS/c1-8-6-7-19-12(8)11(17-16)9-2-4-10(5-3-9)18-13(14)15/h2-7,11,13,17H,16H2,1H3. The second-order valence-electron chi connectivity index (χ2n) is 4.02. The number of hydrogen-bond acceptors (Lipinski definition) is 4. The van der Waals surface area contributed by atoms with Crippen LogP contribution in [0.1, 0.15) is 22.0 Å². The third-order valence-corrected chi connectivity index (χ3v) is 3.85. The number of ether oxygens (including phenoxy) is 1. The number of nitrogens with one attached hydrogen (secondary N) is 1. The highest BCUT2D eigenvalue weighted by Crippen LogP contribution is 2.29. The third-order valence-electron chi connectivity index (χ3n) is 2.77. The first-order valence-corrected chi connectivity index (χ1v) is 6.54. The quantitative estimate of drug-likeness (QED) is 0.654. The lowest BCUT2D eigenvalue weighted by Crippen LogP contribution is -2.28. The van der Waals surface area contributed by atoms with E-state index in [-0.39, 0.29) is 11.8 Å². The Morgan fingerprint density at radius 1 is 1.21 bits per heavy atom. The van der Waals surface area contributed by atoms with Gasteiger partial charge in [-0.15, -0.1) is 11.3 Å². The number of hydrazine groups is 1. The molecule has 6 heteroatoms.